The van der Waals surface area contributed by atoms with Crippen LogP contribution in [0.2, 0.25) is 0 Å². The number of nitrogens with two attached hydrogens (primary N) is 1. The number of rotatable bonds is 6. The third kappa shape index (κ3) is 4.75. The maximum absolute atomic E-state index is 12.2. The normalized spacial score (nSPS) is 11.2. The number of primary sulfonamides is 1. The number of sulfonamides is 1. The van der Waals surface area contributed by atoms with E-state index in [1.165, 1.54) is 24.3 Å². The second-order valence-corrected chi connectivity index (χ2v) is 7.41. The van der Waals surface area contributed by atoms with Gasteiger partial charge in [-0.05, 0) is 55.0 Å². The van der Waals surface area contributed by atoms with Gasteiger partial charge in [0.15, 0.2) is 5.76 Å². The molecule has 8 heteroatoms. The van der Waals surface area contributed by atoms with Crippen LogP contribution in [-0.4, -0.2) is 14.3 Å². The molecule has 0 atom stereocenters. The molecule has 1 amide bonds. The number of para-hydroxylation sites is 1. The van der Waals surface area contributed by atoms with Gasteiger partial charge in [0.2, 0.25) is 10.0 Å². The molecule has 0 spiro atoms. The van der Waals surface area contributed by atoms with Gasteiger partial charge in [-0.15, -0.1) is 0 Å². The molecule has 0 fully saturated rings. The van der Waals surface area contributed by atoms with Crippen molar-refractivity contribution < 1.29 is 22.4 Å². The largest absolute Gasteiger partial charge is 0.485 e. The monoisotopic (exact) mass is 386 g/mol. The molecule has 0 radical (unpaired) electrons. The Morgan fingerprint density at radius 2 is 1.78 bits per heavy atom. The van der Waals surface area contributed by atoms with Crippen LogP contribution in [0.1, 0.15) is 21.9 Å². The number of amides is 1. The Balaban J connectivity index is 1.62. The maximum Gasteiger partial charge on any atom is 0.291 e. The van der Waals surface area contributed by atoms with Crippen LogP contribution in [-0.2, 0) is 16.6 Å². The third-order valence-electron chi connectivity index (χ3n) is 3.79. The van der Waals surface area contributed by atoms with E-state index in [0.29, 0.717) is 11.4 Å². The summed E-state index contributed by atoms with van der Waals surface area (Å²) in [5.74, 6) is 0.914. The van der Waals surface area contributed by atoms with Crippen LogP contribution < -0.4 is 15.2 Å². The molecule has 3 rings (SSSR count). The molecular formula is C19H18N2O5S. The van der Waals surface area contributed by atoms with Crippen LogP contribution in [0, 0.1) is 6.92 Å². The molecular weight excluding hydrogens is 368 g/mol. The minimum atomic E-state index is -3.77. The van der Waals surface area contributed by atoms with Gasteiger partial charge in [-0.25, -0.2) is 13.6 Å². The van der Waals surface area contributed by atoms with E-state index in [2.05, 4.69) is 5.32 Å². The first-order valence-electron chi connectivity index (χ1n) is 8.04. The van der Waals surface area contributed by atoms with E-state index in [-0.39, 0.29) is 17.3 Å². The first kappa shape index (κ1) is 18.7. The van der Waals surface area contributed by atoms with Crippen molar-refractivity contribution >= 4 is 21.6 Å². The van der Waals surface area contributed by atoms with Gasteiger partial charge >= 0.3 is 0 Å². The molecule has 0 aliphatic carbocycles. The Morgan fingerprint density at radius 1 is 1.07 bits per heavy atom. The van der Waals surface area contributed by atoms with E-state index >= 15 is 0 Å². The van der Waals surface area contributed by atoms with Gasteiger partial charge in [-0.1, -0.05) is 18.2 Å². The number of hydrogen-bond donors (Lipinski definition) is 2. The molecule has 0 bridgehead atoms. The lowest BCUT2D eigenvalue weighted by Gasteiger charge is -2.07. The van der Waals surface area contributed by atoms with Crippen molar-refractivity contribution in [3.8, 4) is 5.75 Å². The summed E-state index contributed by atoms with van der Waals surface area (Å²) in [7, 11) is -3.77. The SMILES string of the molecule is Cc1ccccc1OCc1ccc(C(=O)Nc2ccc(S(N)(=O)=O)cc2)o1. The standard InChI is InChI=1S/C19H18N2O5S/c1-13-4-2-3-5-17(13)25-12-15-8-11-18(26-15)19(22)21-14-6-9-16(10-7-14)27(20,23)24/h2-11H,12H2,1H3,(H,21,22)(H2,20,23,24). The average Bonchev–Trinajstić information content (AvgIpc) is 3.10. The third-order valence-corrected chi connectivity index (χ3v) is 4.72. The molecule has 0 aliphatic rings. The Labute approximate surface area is 156 Å². The van der Waals surface area contributed by atoms with E-state index in [0.717, 1.165) is 11.3 Å². The number of benzene rings is 2. The quantitative estimate of drug-likeness (QED) is 0.676. The molecule has 7 nitrogen and oxygen atoms in total. The minimum Gasteiger partial charge on any atom is -0.485 e. The summed E-state index contributed by atoms with van der Waals surface area (Å²) in [6, 6.07) is 16.3. The predicted octanol–water partition coefficient (Wildman–Crippen LogP) is 3.07. The molecule has 140 valence electrons. The number of carbonyl (C=O) groups excluding carboxylic acids is 1. The summed E-state index contributed by atoms with van der Waals surface area (Å²) >= 11 is 0. The van der Waals surface area contributed by atoms with E-state index in [4.69, 9.17) is 14.3 Å². The number of carbonyl (C=O) groups is 1. The van der Waals surface area contributed by atoms with Crippen molar-refractivity contribution in [2.75, 3.05) is 5.32 Å². The Morgan fingerprint density at radius 3 is 2.44 bits per heavy atom. The number of nitrogens with one attached hydrogen (secondary N) is 1. The molecule has 0 saturated carbocycles. The summed E-state index contributed by atoms with van der Waals surface area (Å²) in [6.45, 7) is 2.14. The summed E-state index contributed by atoms with van der Waals surface area (Å²) in [5, 5.41) is 7.66. The zero-order valence-electron chi connectivity index (χ0n) is 14.5. The van der Waals surface area contributed by atoms with Gasteiger partial charge in [-0.2, -0.15) is 0 Å². The number of ether oxygens (including phenoxy) is 1. The molecule has 0 saturated heterocycles. The van der Waals surface area contributed by atoms with Crippen LogP contribution in [0.4, 0.5) is 5.69 Å². The second kappa shape index (κ2) is 7.65. The van der Waals surface area contributed by atoms with Gasteiger partial charge in [0.25, 0.3) is 5.91 Å². The lowest BCUT2D eigenvalue weighted by molar-refractivity contribution is 0.0992. The number of aryl methyl sites for hydroxylation is 1. The van der Waals surface area contributed by atoms with Gasteiger partial charge < -0.3 is 14.5 Å². The van der Waals surface area contributed by atoms with Crippen molar-refractivity contribution in [2.24, 2.45) is 5.14 Å². The van der Waals surface area contributed by atoms with Gasteiger partial charge in [0.05, 0.1) is 4.90 Å². The second-order valence-electron chi connectivity index (χ2n) is 5.84. The predicted molar refractivity (Wildman–Crippen MR) is 100.0 cm³/mol. The average molecular weight is 386 g/mol. The van der Waals surface area contributed by atoms with Crippen LogP contribution in [0.5, 0.6) is 5.75 Å². The molecule has 0 aliphatic heterocycles. The first-order valence-corrected chi connectivity index (χ1v) is 9.59. The zero-order valence-corrected chi connectivity index (χ0v) is 15.3. The molecule has 1 aromatic heterocycles. The highest BCUT2D eigenvalue weighted by molar-refractivity contribution is 7.89. The smallest absolute Gasteiger partial charge is 0.291 e. The van der Waals surface area contributed by atoms with E-state index in [1.807, 2.05) is 31.2 Å². The van der Waals surface area contributed by atoms with Crippen molar-refractivity contribution in [2.45, 2.75) is 18.4 Å². The maximum atomic E-state index is 12.2. The summed E-state index contributed by atoms with van der Waals surface area (Å²) in [5.41, 5.74) is 1.42. The molecule has 27 heavy (non-hydrogen) atoms. The number of anilines is 1. The van der Waals surface area contributed by atoms with Crippen LogP contribution in [0.15, 0.2) is 70.0 Å². The van der Waals surface area contributed by atoms with Gasteiger partial charge in [-0.3, -0.25) is 4.79 Å². The fraction of sp³-hybridized carbons (Fsp3) is 0.105. The summed E-state index contributed by atoms with van der Waals surface area (Å²) in [4.78, 5) is 12.2. The topological polar surface area (TPSA) is 112 Å². The zero-order chi connectivity index (χ0) is 19.4. The highest BCUT2D eigenvalue weighted by Gasteiger charge is 2.13. The fourth-order valence-electron chi connectivity index (χ4n) is 2.37. The number of furan rings is 1. The summed E-state index contributed by atoms with van der Waals surface area (Å²) < 4.78 is 33.7. The molecule has 1 heterocycles. The van der Waals surface area contributed by atoms with Gasteiger partial charge in [0, 0.05) is 5.69 Å². The van der Waals surface area contributed by atoms with E-state index < -0.39 is 15.9 Å². The molecule has 3 N–H and O–H groups in total. The lowest BCUT2D eigenvalue weighted by atomic mass is 10.2. The van der Waals surface area contributed by atoms with E-state index in [1.54, 1.807) is 12.1 Å². The van der Waals surface area contributed by atoms with Gasteiger partial charge in [0.1, 0.15) is 18.1 Å². The Hall–Kier alpha value is -3.10. The fourth-order valence-corrected chi connectivity index (χ4v) is 2.88. The molecule has 3 aromatic rings. The van der Waals surface area contributed by atoms with Crippen molar-refractivity contribution in [1.29, 1.82) is 0 Å². The van der Waals surface area contributed by atoms with Crippen LogP contribution >= 0.6 is 0 Å². The minimum absolute atomic E-state index is 0.0332. The molecule has 0 unspecified atom stereocenters. The van der Waals surface area contributed by atoms with E-state index in [9.17, 15) is 13.2 Å². The Kier molecular flexibility index (Phi) is 5.29. The highest BCUT2D eigenvalue weighted by Crippen LogP contribution is 2.19. The van der Waals surface area contributed by atoms with Crippen LogP contribution in [0.25, 0.3) is 0 Å². The van der Waals surface area contributed by atoms with Crippen LogP contribution in [0.3, 0.4) is 0 Å². The van der Waals surface area contributed by atoms with Crippen molar-refractivity contribution in [3.05, 3.63) is 77.7 Å². The first-order chi connectivity index (χ1) is 12.8. The summed E-state index contributed by atoms with van der Waals surface area (Å²) in [6.07, 6.45) is 0. The van der Waals surface area contributed by atoms with Crippen molar-refractivity contribution in [3.63, 3.8) is 0 Å². The highest BCUT2D eigenvalue weighted by atomic mass is 32.2. The molecule has 2 aromatic carbocycles. The lowest BCUT2D eigenvalue weighted by Crippen LogP contribution is -2.13. The number of hydrogen-bond acceptors (Lipinski definition) is 5. The Bertz CT molecular complexity index is 1060. The van der Waals surface area contributed by atoms with Crippen molar-refractivity contribution in [1.82, 2.24) is 0 Å².